The number of aromatic hydroxyl groups is 1. The maximum absolute atomic E-state index is 12.3. The van der Waals surface area contributed by atoms with Crippen LogP contribution in [-0.2, 0) is 4.79 Å². The third-order valence-corrected chi connectivity index (χ3v) is 4.92. The number of aryl methyl sites for hydroxylation is 1. The van der Waals surface area contributed by atoms with E-state index in [-0.39, 0.29) is 11.7 Å². The van der Waals surface area contributed by atoms with Crippen molar-refractivity contribution in [2.24, 2.45) is 0 Å². The normalized spacial score (nSPS) is 11.9. The van der Waals surface area contributed by atoms with Crippen molar-refractivity contribution in [1.82, 2.24) is 20.2 Å². The molecule has 2 aromatic carbocycles. The number of aromatic nitrogens is 2. The van der Waals surface area contributed by atoms with Crippen LogP contribution < -0.4 is 15.7 Å². The van der Waals surface area contributed by atoms with E-state index in [2.05, 4.69) is 15.3 Å². The first-order chi connectivity index (χ1) is 15.2. The van der Waals surface area contributed by atoms with Gasteiger partial charge in [-0.2, -0.15) is 4.98 Å². The number of aromatic amines is 1. The topological polar surface area (TPSA) is 108 Å². The standard InChI is InChI=1S/C24H28N4O4/c1-15-12-18(8-9-22(15)29)21-14-20(26-24(31)27-21)17-6-5-7-19(13-17)32-16(2)23(30)25-10-11-28(3)4/h5-9,12-14,16,29H,10-11H2,1-4H3,(H,25,30)(H,26,27,31). The van der Waals surface area contributed by atoms with Crippen LogP contribution in [0.3, 0.4) is 0 Å². The van der Waals surface area contributed by atoms with Gasteiger partial charge in [-0.3, -0.25) is 4.79 Å². The van der Waals surface area contributed by atoms with E-state index >= 15 is 0 Å². The second kappa shape index (κ2) is 10.1. The Balaban J connectivity index is 1.80. The van der Waals surface area contributed by atoms with Crippen molar-refractivity contribution >= 4 is 5.91 Å². The largest absolute Gasteiger partial charge is 0.508 e. The van der Waals surface area contributed by atoms with Crippen molar-refractivity contribution < 1.29 is 14.6 Å². The van der Waals surface area contributed by atoms with Crippen LogP contribution in [0.25, 0.3) is 22.5 Å². The van der Waals surface area contributed by atoms with Gasteiger partial charge in [-0.15, -0.1) is 0 Å². The fourth-order valence-electron chi connectivity index (χ4n) is 3.12. The number of phenols is 1. The molecule has 168 valence electrons. The summed E-state index contributed by atoms with van der Waals surface area (Å²) in [5, 5.41) is 12.6. The number of H-pyrrole nitrogens is 1. The summed E-state index contributed by atoms with van der Waals surface area (Å²) in [5.74, 6) is 0.494. The summed E-state index contributed by atoms with van der Waals surface area (Å²) in [7, 11) is 3.88. The van der Waals surface area contributed by atoms with E-state index in [9.17, 15) is 14.7 Å². The van der Waals surface area contributed by atoms with E-state index in [0.29, 0.717) is 34.8 Å². The van der Waals surface area contributed by atoms with Gasteiger partial charge in [0.25, 0.3) is 5.91 Å². The zero-order valence-corrected chi connectivity index (χ0v) is 18.7. The van der Waals surface area contributed by atoms with Crippen molar-refractivity contribution in [1.29, 1.82) is 0 Å². The van der Waals surface area contributed by atoms with Crippen LogP contribution in [0.5, 0.6) is 11.5 Å². The van der Waals surface area contributed by atoms with Crippen LogP contribution >= 0.6 is 0 Å². The Kier molecular flexibility index (Phi) is 7.27. The first-order valence-electron chi connectivity index (χ1n) is 10.3. The number of carbonyl (C=O) groups is 1. The Labute approximate surface area is 186 Å². The van der Waals surface area contributed by atoms with Crippen molar-refractivity contribution in [3.63, 3.8) is 0 Å². The molecule has 0 fully saturated rings. The number of amides is 1. The molecule has 0 spiro atoms. The zero-order valence-electron chi connectivity index (χ0n) is 18.7. The van der Waals surface area contributed by atoms with Crippen LogP contribution in [0.2, 0.25) is 0 Å². The van der Waals surface area contributed by atoms with Gasteiger partial charge in [-0.1, -0.05) is 12.1 Å². The number of carbonyl (C=O) groups excluding carboxylic acids is 1. The van der Waals surface area contributed by atoms with Gasteiger partial charge in [0.1, 0.15) is 11.5 Å². The smallest absolute Gasteiger partial charge is 0.345 e. The van der Waals surface area contributed by atoms with E-state index in [1.54, 1.807) is 56.3 Å². The molecule has 0 saturated carbocycles. The molecular formula is C24H28N4O4. The molecule has 3 rings (SSSR count). The van der Waals surface area contributed by atoms with Gasteiger partial charge in [-0.25, -0.2) is 4.79 Å². The third-order valence-electron chi connectivity index (χ3n) is 4.92. The second-order valence-corrected chi connectivity index (χ2v) is 7.87. The van der Waals surface area contributed by atoms with Crippen LogP contribution in [0.15, 0.2) is 53.3 Å². The molecule has 1 heterocycles. The number of phenolic OH excluding ortho intramolecular Hbond substituents is 1. The molecule has 0 bridgehead atoms. The van der Waals surface area contributed by atoms with Crippen LogP contribution in [0.4, 0.5) is 0 Å². The van der Waals surface area contributed by atoms with E-state index < -0.39 is 11.8 Å². The van der Waals surface area contributed by atoms with E-state index in [4.69, 9.17) is 4.74 Å². The first-order valence-corrected chi connectivity index (χ1v) is 10.3. The Hall–Kier alpha value is -3.65. The van der Waals surface area contributed by atoms with Gasteiger partial charge in [0.05, 0.1) is 11.4 Å². The molecular weight excluding hydrogens is 408 g/mol. The van der Waals surface area contributed by atoms with E-state index in [1.807, 2.05) is 25.1 Å². The molecule has 32 heavy (non-hydrogen) atoms. The molecule has 0 saturated heterocycles. The second-order valence-electron chi connectivity index (χ2n) is 7.87. The SMILES string of the molecule is Cc1cc(-c2cc(-c3cccc(OC(C)C(=O)NCCN(C)C)c3)nc(=O)[nH]2)ccc1O. The Morgan fingerprint density at radius 3 is 2.69 bits per heavy atom. The number of nitrogens with one attached hydrogen (secondary N) is 2. The minimum atomic E-state index is -0.671. The molecule has 0 aliphatic carbocycles. The monoisotopic (exact) mass is 436 g/mol. The summed E-state index contributed by atoms with van der Waals surface area (Å²) in [6.07, 6.45) is -0.671. The summed E-state index contributed by atoms with van der Waals surface area (Å²) < 4.78 is 5.80. The number of hydrogen-bond acceptors (Lipinski definition) is 6. The summed E-state index contributed by atoms with van der Waals surface area (Å²) in [6.45, 7) is 4.76. The lowest BCUT2D eigenvalue weighted by molar-refractivity contribution is -0.127. The maximum atomic E-state index is 12.3. The lowest BCUT2D eigenvalue weighted by Crippen LogP contribution is -2.39. The highest BCUT2D eigenvalue weighted by Gasteiger charge is 2.15. The summed E-state index contributed by atoms with van der Waals surface area (Å²) in [5.41, 5.74) is 2.73. The average molecular weight is 437 g/mol. The highest BCUT2D eigenvalue weighted by molar-refractivity contribution is 5.80. The number of rotatable bonds is 8. The third kappa shape index (κ3) is 5.95. The summed E-state index contributed by atoms with van der Waals surface area (Å²) in [4.78, 5) is 33.3. The van der Waals surface area contributed by atoms with Crippen molar-refractivity contribution in [3.05, 3.63) is 64.6 Å². The Morgan fingerprint density at radius 1 is 1.19 bits per heavy atom. The number of ether oxygens (including phenoxy) is 1. The molecule has 1 atom stereocenters. The molecule has 0 radical (unpaired) electrons. The molecule has 0 aliphatic heterocycles. The molecule has 8 heteroatoms. The van der Waals surface area contributed by atoms with E-state index in [1.165, 1.54) is 0 Å². The van der Waals surface area contributed by atoms with Crippen LogP contribution in [0.1, 0.15) is 12.5 Å². The van der Waals surface area contributed by atoms with Gasteiger partial charge in [-0.05, 0) is 75.5 Å². The van der Waals surface area contributed by atoms with Gasteiger partial charge in [0, 0.05) is 18.7 Å². The minimum absolute atomic E-state index is 0.190. The quantitative estimate of drug-likeness (QED) is 0.501. The van der Waals surface area contributed by atoms with Crippen molar-refractivity contribution in [2.75, 3.05) is 27.2 Å². The molecule has 1 unspecified atom stereocenters. The summed E-state index contributed by atoms with van der Waals surface area (Å²) >= 11 is 0. The van der Waals surface area contributed by atoms with Crippen LogP contribution in [-0.4, -0.2) is 59.2 Å². The fraction of sp³-hybridized carbons (Fsp3) is 0.292. The predicted molar refractivity (Wildman–Crippen MR) is 124 cm³/mol. The average Bonchev–Trinajstić information content (AvgIpc) is 2.75. The van der Waals surface area contributed by atoms with Gasteiger partial charge < -0.3 is 25.0 Å². The lowest BCUT2D eigenvalue weighted by atomic mass is 10.1. The minimum Gasteiger partial charge on any atom is -0.508 e. The lowest BCUT2D eigenvalue weighted by Gasteiger charge is -2.16. The zero-order chi connectivity index (χ0) is 23.3. The highest BCUT2D eigenvalue weighted by atomic mass is 16.5. The van der Waals surface area contributed by atoms with Crippen LogP contribution in [0, 0.1) is 6.92 Å². The van der Waals surface area contributed by atoms with E-state index in [0.717, 1.165) is 12.1 Å². The van der Waals surface area contributed by atoms with Gasteiger partial charge >= 0.3 is 5.69 Å². The molecule has 3 N–H and O–H groups in total. The molecule has 8 nitrogen and oxygen atoms in total. The molecule has 0 aliphatic rings. The number of hydrogen-bond donors (Lipinski definition) is 3. The fourth-order valence-corrected chi connectivity index (χ4v) is 3.12. The Bertz CT molecular complexity index is 1160. The first kappa shape index (κ1) is 23.0. The molecule has 3 aromatic rings. The van der Waals surface area contributed by atoms with Gasteiger partial charge in [0.15, 0.2) is 6.10 Å². The number of benzene rings is 2. The van der Waals surface area contributed by atoms with Crippen molar-refractivity contribution in [2.45, 2.75) is 20.0 Å². The number of likely N-dealkylation sites (N-methyl/N-ethyl adjacent to an activating group) is 1. The molecule has 1 aromatic heterocycles. The van der Waals surface area contributed by atoms with Gasteiger partial charge in [0.2, 0.25) is 0 Å². The summed E-state index contributed by atoms with van der Waals surface area (Å²) in [6, 6.07) is 14.0. The maximum Gasteiger partial charge on any atom is 0.345 e. The van der Waals surface area contributed by atoms with Crippen molar-refractivity contribution in [3.8, 4) is 34.0 Å². The Morgan fingerprint density at radius 2 is 1.97 bits per heavy atom. The predicted octanol–water partition coefficient (Wildman–Crippen LogP) is 2.56. The highest BCUT2D eigenvalue weighted by Crippen LogP contribution is 2.27. The molecule has 1 amide bonds. The number of nitrogens with zero attached hydrogens (tertiary/aromatic N) is 2.